The Morgan fingerprint density at radius 3 is 2.55 bits per heavy atom. The minimum atomic E-state index is 0. The number of allylic oxidation sites excluding steroid dienone is 2. The van der Waals surface area contributed by atoms with Crippen LogP contribution in [0, 0.1) is 17.9 Å². The molecule has 1 aromatic heterocycles. The van der Waals surface area contributed by atoms with E-state index >= 15 is 0 Å². The van der Waals surface area contributed by atoms with Crippen LogP contribution in [-0.4, -0.2) is 38.3 Å². The standard InChI is InChI=1S/C25H22N3OS.Re/c1-27-9-8-23(21(16-26)17-27)25-7-6-24(30-25)20-3-2-19-15-22(5-4-18(19)14-20)28-10-12-29-13-11-28;/h2-9,14-15,17H,10-13H2,1H3;/q-1;. The predicted molar refractivity (Wildman–Crippen MR) is 124 cm³/mol. The van der Waals surface area contributed by atoms with Crippen molar-refractivity contribution < 1.29 is 25.2 Å². The van der Waals surface area contributed by atoms with Crippen molar-refractivity contribution in [3.63, 3.8) is 0 Å². The second kappa shape index (κ2) is 9.30. The quantitative estimate of drug-likeness (QED) is 0.384. The number of thiophene rings is 1. The van der Waals surface area contributed by atoms with Crippen molar-refractivity contribution in [3.05, 3.63) is 77.8 Å². The average Bonchev–Trinajstić information content (AvgIpc) is 3.29. The molecule has 0 unspecified atom stereocenters. The molecule has 3 heterocycles. The Hall–Kier alpha value is -2.54. The second-order valence-corrected chi connectivity index (χ2v) is 8.64. The van der Waals surface area contributed by atoms with E-state index in [9.17, 15) is 5.26 Å². The maximum Gasteiger partial charge on any atom is 0.0642 e. The van der Waals surface area contributed by atoms with E-state index in [1.807, 2.05) is 30.8 Å². The molecule has 0 atom stereocenters. The summed E-state index contributed by atoms with van der Waals surface area (Å²) in [6, 6.07) is 19.9. The van der Waals surface area contributed by atoms with Gasteiger partial charge in [0.1, 0.15) is 0 Å². The molecule has 2 aromatic carbocycles. The number of anilines is 1. The van der Waals surface area contributed by atoms with Gasteiger partial charge in [-0.3, -0.25) is 5.26 Å². The molecule has 5 rings (SSSR count). The van der Waals surface area contributed by atoms with Crippen molar-refractivity contribution in [2.75, 3.05) is 38.3 Å². The van der Waals surface area contributed by atoms with Crippen LogP contribution in [0.1, 0.15) is 4.88 Å². The first-order valence-electron chi connectivity index (χ1n) is 10.1. The number of benzene rings is 2. The molecule has 0 bridgehead atoms. The molecule has 0 N–H and O–H groups in total. The third-order valence-corrected chi connectivity index (χ3v) is 6.74. The Balaban J connectivity index is 0.00000231. The Morgan fingerprint density at radius 1 is 1.00 bits per heavy atom. The van der Waals surface area contributed by atoms with Gasteiger partial charge in [0.25, 0.3) is 0 Å². The monoisotopic (exact) mass is 599 g/mol. The van der Waals surface area contributed by atoms with Crippen molar-refractivity contribution in [2.45, 2.75) is 0 Å². The molecule has 0 spiro atoms. The maximum absolute atomic E-state index is 9.49. The van der Waals surface area contributed by atoms with Crippen molar-refractivity contribution in [3.8, 4) is 16.5 Å². The summed E-state index contributed by atoms with van der Waals surface area (Å²) in [6.45, 7) is 5.36. The fraction of sp³-hybridized carbons (Fsp3) is 0.200. The van der Waals surface area contributed by atoms with Gasteiger partial charge in [-0.05, 0) is 58.7 Å². The summed E-state index contributed by atoms with van der Waals surface area (Å²) in [6.07, 6.45) is 4.00. The van der Waals surface area contributed by atoms with E-state index in [1.54, 1.807) is 11.3 Å². The molecule has 31 heavy (non-hydrogen) atoms. The molecule has 4 nitrogen and oxygen atoms in total. The number of hydrogen-bond donors (Lipinski definition) is 0. The summed E-state index contributed by atoms with van der Waals surface area (Å²) in [4.78, 5) is 6.62. The Kier molecular flexibility index (Phi) is 6.51. The van der Waals surface area contributed by atoms with Gasteiger partial charge in [-0.25, -0.2) is 0 Å². The molecule has 1 fully saturated rings. The van der Waals surface area contributed by atoms with E-state index in [1.165, 1.54) is 26.9 Å². The van der Waals surface area contributed by atoms with Crippen LogP contribution in [0.2, 0.25) is 0 Å². The smallest absolute Gasteiger partial charge is 0.0642 e. The summed E-state index contributed by atoms with van der Waals surface area (Å²) in [5.74, 6) is 0. The van der Waals surface area contributed by atoms with Crippen molar-refractivity contribution >= 4 is 33.4 Å². The van der Waals surface area contributed by atoms with E-state index in [0.717, 1.165) is 36.8 Å². The summed E-state index contributed by atoms with van der Waals surface area (Å²) in [5, 5.41) is 12.0. The minimum absolute atomic E-state index is 0. The average molecular weight is 599 g/mol. The second-order valence-electron chi connectivity index (χ2n) is 7.56. The Labute approximate surface area is 200 Å². The summed E-state index contributed by atoms with van der Waals surface area (Å²) in [5.41, 5.74) is 4.15. The van der Waals surface area contributed by atoms with Gasteiger partial charge in [-0.1, -0.05) is 54.1 Å². The first kappa shape index (κ1) is 21.7. The Morgan fingerprint density at radius 2 is 1.74 bits per heavy atom. The number of morpholine rings is 1. The molecule has 2 aliphatic heterocycles. The molecule has 157 valence electrons. The molecule has 2 aliphatic rings. The zero-order valence-electron chi connectivity index (χ0n) is 17.2. The molecular weight excluding hydrogens is 577 g/mol. The number of rotatable bonds is 3. The van der Waals surface area contributed by atoms with Crippen LogP contribution in [0.15, 0.2) is 66.4 Å². The van der Waals surface area contributed by atoms with E-state index in [-0.39, 0.29) is 20.4 Å². The fourth-order valence-corrected chi connectivity index (χ4v) is 4.99. The van der Waals surface area contributed by atoms with Gasteiger partial charge in [-0.15, -0.1) is 11.3 Å². The van der Waals surface area contributed by atoms with Crippen molar-refractivity contribution in [2.24, 2.45) is 0 Å². The number of nitriles is 1. The first-order valence-corrected chi connectivity index (χ1v) is 10.9. The third-order valence-electron chi connectivity index (χ3n) is 5.58. The molecule has 0 saturated carbocycles. The van der Waals surface area contributed by atoms with E-state index in [0.29, 0.717) is 5.57 Å². The van der Waals surface area contributed by atoms with Gasteiger partial charge >= 0.3 is 0 Å². The van der Waals surface area contributed by atoms with Gasteiger partial charge in [0, 0.05) is 44.1 Å². The van der Waals surface area contributed by atoms with Gasteiger partial charge in [0.2, 0.25) is 0 Å². The zero-order chi connectivity index (χ0) is 20.5. The topological polar surface area (TPSA) is 39.5 Å². The molecule has 1 radical (unpaired) electrons. The van der Waals surface area contributed by atoms with E-state index in [2.05, 4.69) is 59.5 Å². The van der Waals surface area contributed by atoms with Crippen LogP contribution in [0.3, 0.4) is 0 Å². The summed E-state index contributed by atoms with van der Waals surface area (Å²) >= 11 is 1.73. The number of fused-ring (bicyclic) bond motifs is 1. The SMILES string of the molecule is CN1C=CC(c2ccc(-c3ccc4cc(N5CCOCC5)ccc4c3)s2)=C(C#N)[CH-]1.[Re]. The van der Waals surface area contributed by atoms with Crippen molar-refractivity contribution in [1.82, 2.24) is 4.90 Å². The van der Waals surface area contributed by atoms with Crippen LogP contribution >= 0.6 is 11.3 Å². The minimum Gasteiger partial charge on any atom is -0.410 e. The molecule has 0 amide bonds. The van der Waals surface area contributed by atoms with E-state index in [4.69, 9.17) is 4.74 Å². The zero-order valence-corrected chi connectivity index (χ0v) is 20.7. The number of hydrogen-bond acceptors (Lipinski definition) is 5. The summed E-state index contributed by atoms with van der Waals surface area (Å²) in [7, 11) is 1.93. The van der Waals surface area contributed by atoms with Crippen LogP contribution in [0.25, 0.3) is 26.8 Å². The fourth-order valence-electron chi connectivity index (χ4n) is 3.94. The van der Waals surface area contributed by atoms with Gasteiger partial charge in [-0.2, -0.15) is 0 Å². The molecule has 1 saturated heterocycles. The van der Waals surface area contributed by atoms with E-state index < -0.39 is 0 Å². The van der Waals surface area contributed by atoms with Gasteiger partial charge < -0.3 is 14.5 Å². The molecule has 3 aromatic rings. The van der Waals surface area contributed by atoms with Crippen molar-refractivity contribution in [1.29, 1.82) is 5.26 Å². The van der Waals surface area contributed by atoms with Crippen LogP contribution < -0.4 is 4.90 Å². The van der Waals surface area contributed by atoms with Crippen LogP contribution in [0.5, 0.6) is 0 Å². The normalized spacial score (nSPS) is 16.1. The molecular formula is C25H22N3OReS-. The first-order chi connectivity index (χ1) is 14.7. The molecule has 6 heteroatoms. The number of likely N-dealkylation sites (N-methyl/N-ethyl adjacent to an activating group) is 1. The summed E-state index contributed by atoms with van der Waals surface area (Å²) < 4.78 is 5.47. The van der Waals surface area contributed by atoms with Gasteiger partial charge in [0.15, 0.2) is 0 Å². The number of ether oxygens (including phenoxy) is 1. The third kappa shape index (κ3) is 4.42. The maximum atomic E-state index is 9.49. The van der Waals surface area contributed by atoms with Gasteiger partial charge in [0.05, 0.1) is 13.2 Å². The molecule has 0 aliphatic carbocycles. The van der Waals surface area contributed by atoms with Crippen LogP contribution in [-0.2, 0) is 25.2 Å². The number of nitrogens with zero attached hydrogens (tertiary/aromatic N) is 3. The van der Waals surface area contributed by atoms with Crippen LogP contribution in [0.4, 0.5) is 5.69 Å². The predicted octanol–water partition coefficient (Wildman–Crippen LogP) is 5.30. The largest absolute Gasteiger partial charge is 0.410 e. The Bertz CT molecular complexity index is 1200.